The quantitative estimate of drug-likeness (QED) is 0.353. The summed E-state index contributed by atoms with van der Waals surface area (Å²) in [5.74, 6) is 1.12. The van der Waals surface area contributed by atoms with Crippen molar-refractivity contribution in [3.05, 3.63) is 0 Å². The van der Waals surface area contributed by atoms with Crippen molar-refractivity contribution in [1.82, 2.24) is 0 Å². The Balaban J connectivity index is 3.14. The first-order valence-electron chi connectivity index (χ1n) is 9.29. The van der Waals surface area contributed by atoms with Gasteiger partial charge in [-0.2, -0.15) is 0 Å². The molecule has 2 unspecified atom stereocenters. The molecule has 0 fully saturated rings. The number of aliphatic carboxylic acids is 1. The van der Waals surface area contributed by atoms with E-state index in [1.165, 1.54) is 64.2 Å². The van der Waals surface area contributed by atoms with E-state index in [1.807, 2.05) is 0 Å². The molecule has 21 heavy (non-hydrogen) atoms. The summed E-state index contributed by atoms with van der Waals surface area (Å²) in [6, 6.07) is 0. The van der Waals surface area contributed by atoms with Crippen LogP contribution in [0, 0.1) is 11.8 Å². The molecule has 2 heteroatoms. The lowest BCUT2D eigenvalue weighted by Crippen LogP contribution is -2.06. The van der Waals surface area contributed by atoms with Crippen molar-refractivity contribution in [3.8, 4) is 0 Å². The average Bonchev–Trinajstić information content (AvgIpc) is 2.46. The van der Waals surface area contributed by atoms with Crippen molar-refractivity contribution in [1.29, 1.82) is 0 Å². The van der Waals surface area contributed by atoms with Gasteiger partial charge in [-0.1, -0.05) is 91.4 Å². The van der Waals surface area contributed by atoms with Crippen LogP contribution in [0.3, 0.4) is 0 Å². The van der Waals surface area contributed by atoms with Gasteiger partial charge in [0.2, 0.25) is 0 Å². The molecule has 0 aromatic rings. The van der Waals surface area contributed by atoms with E-state index >= 15 is 0 Å². The third kappa shape index (κ3) is 14.2. The normalized spacial score (nSPS) is 14.0. The summed E-state index contributed by atoms with van der Waals surface area (Å²) in [4.78, 5) is 10.4. The van der Waals surface area contributed by atoms with E-state index in [0.29, 0.717) is 6.42 Å². The number of rotatable bonds is 15. The van der Waals surface area contributed by atoms with Gasteiger partial charge >= 0.3 is 5.97 Å². The average molecular weight is 299 g/mol. The van der Waals surface area contributed by atoms with Gasteiger partial charge in [-0.05, 0) is 18.3 Å². The van der Waals surface area contributed by atoms with Crippen LogP contribution in [0.1, 0.15) is 104 Å². The van der Waals surface area contributed by atoms with Crippen molar-refractivity contribution >= 4 is 5.97 Å². The minimum absolute atomic E-state index is 0.342. The summed E-state index contributed by atoms with van der Waals surface area (Å²) in [6.07, 6.45) is 15.8. The van der Waals surface area contributed by atoms with E-state index < -0.39 is 5.97 Å². The molecule has 0 rings (SSSR count). The second-order valence-electron chi connectivity index (χ2n) is 6.83. The van der Waals surface area contributed by atoms with Gasteiger partial charge < -0.3 is 5.11 Å². The second kappa shape index (κ2) is 14.4. The van der Waals surface area contributed by atoms with Gasteiger partial charge in [-0.3, -0.25) is 4.79 Å². The lowest BCUT2D eigenvalue weighted by molar-refractivity contribution is -0.137. The number of carboxylic acid groups (broad SMARTS) is 1. The number of carboxylic acids is 1. The highest BCUT2D eigenvalue weighted by Gasteiger charge is 2.08. The van der Waals surface area contributed by atoms with Crippen LogP contribution in [-0.2, 0) is 4.79 Å². The summed E-state index contributed by atoms with van der Waals surface area (Å²) >= 11 is 0. The molecule has 0 aliphatic heterocycles. The molecular formula is C19H38O2. The Labute approximate surface area is 132 Å². The highest BCUT2D eigenvalue weighted by atomic mass is 16.4. The molecule has 2 atom stereocenters. The topological polar surface area (TPSA) is 37.3 Å². The van der Waals surface area contributed by atoms with Gasteiger partial charge in [0.25, 0.3) is 0 Å². The monoisotopic (exact) mass is 298 g/mol. The summed E-state index contributed by atoms with van der Waals surface area (Å²) in [7, 11) is 0. The first kappa shape index (κ1) is 20.5. The molecule has 0 aliphatic rings. The molecule has 0 aromatic carbocycles. The molecule has 0 aromatic heterocycles. The van der Waals surface area contributed by atoms with Crippen LogP contribution in [-0.4, -0.2) is 11.1 Å². The van der Waals surface area contributed by atoms with Crippen LogP contribution in [0.15, 0.2) is 0 Å². The van der Waals surface area contributed by atoms with Crippen LogP contribution in [0.25, 0.3) is 0 Å². The van der Waals surface area contributed by atoms with E-state index in [0.717, 1.165) is 24.7 Å². The lowest BCUT2D eigenvalue weighted by atomic mass is 9.89. The summed E-state index contributed by atoms with van der Waals surface area (Å²) in [5, 5.41) is 8.54. The highest BCUT2D eigenvalue weighted by Crippen LogP contribution is 2.21. The van der Waals surface area contributed by atoms with Gasteiger partial charge in [-0.25, -0.2) is 0 Å². The molecule has 0 saturated heterocycles. The van der Waals surface area contributed by atoms with E-state index in [2.05, 4.69) is 20.8 Å². The number of unbranched alkanes of at least 4 members (excludes halogenated alkanes) is 9. The van der Waals surface area contributed by atoms with Gasteiger partial charge in [0.05, 0.1) is 0 Å². The molecule has 1 N–H and O–H groups in total. The second-order valence-corrected chi connectivity index (χ2v) is 6.83. The smallest absolute Gasteiger partial charge is 0.303 e. The Morgan fingerprint density at radius 2 is 1.19 bits per heavy atom. The van der Waals surface area contributed by atoms with Crippen LogP contribution in [0.4, 0.5) is 0 Å². The van der Waals surface area contributed by atoms with Crippen molar-refractivity contribution in [3.63, 3.8) is 0 Å². The molecule has 126 valence electrons. The number of carbonyl (C=O) groups is 1. The Kier molecular flexibility index (Phi) is 14.0. The lowest BCUT2D eigenvalue weighted by Gasteiger charge is -2.17. The maximum absolute atomic E-state index is 10.4. The van der Waals surface area contributed by atoms with Crippen molar-refractivity contribution in [2.75, 3.05) is 0 Å². The molecule has 0 heterocycles. The van der Waals surface area contributed by atoms with Gasteiger partial charge in [0.15, 0.2) is 0 Å². The Bertz CT molecular complexity index is 238. The van der Waals surface area contributed by atoms with E-state index in [1.54, 1.807) is 0 Å². The maximum atomic E-state index is 10.4. The fourth-order valence-corrected chi connectivity index (χ4v) is 2.84. The minimum atomic E-state index is -0.655. The predicted octanol–water partition coefficient (Wildman–Crippen LogP) is 6.43. The standard InChI is InChI=1S/C19H38O2/c1-4-17(2)18(3)15-13-11-9-7-5-6-8-10-12-14-16-19(20)21/h17-18H,4-16H2,1-3H3,(H,20,21). The highest BCUT2D eigenvalue weighted by molar-refractivity contribution is 5.66. The first-order chi connectivity index (χ1) is 10.1. The number of hydrogen-bond donors (Lipinski definition) is 1. The Morgan fingerprint density at radius 1 is 0.762 bits per heavy atom. The number of hydrogen-bond acceptors (Lipinski definition) is 1. The third-order valence-corrected chi connectivity index (χ3v) is 4.92. The molecule has 2 nitrogen and oxygen atoms in total. The fraction of sp³-hybridized carbons (Fsp3) is 0.947. The Morgan fingerprint density at radius 3 is 1.62 bits per heavy atom. The van der Waals surface area contributed by atoms with Crippen molar-refractivity contribution in [2.24, 2.45) is 11.8 Å². The fourth-order valence-electron chi connectivity index (χ4n) is 2.84. The zero-order valence-corrected chi connectivity index (χ0v) is 14.7. The summed E-state index contributed by atoms with van der Waals surface area (Å²) < 4.78 is 0. The van der Waals surface area contributed by atoms with Gasteiger partial charge in [0.1, 0.15) is 0 Å². The molecule has 0 spiro atoms. The van der Waals surface area contributed by atoms with Crippen LogP contribution in [0.5, 0.6) is 0 Å². The Hall–Kier alpha value is -0.530. The SMILES string of the molecule is CCC(C)C(C)CCCCCCCCCCCCC(=O)O. The first-order valence-corrected chi connectivity index (χ1v) is 9.29. The maximum Gasteiger partial charge on any atom is 0.303 e. The van der Waals surface area contributed by atoms with Crippen molar-refractivity contribution in [2.45, 2.75) is 104 Å². The molecule has 0 aliphatic carbocycles. The molecular weight excluding hydrogens is 260 g/mol. The van der Waals surface area contributed by atoms with Crippen LogP contribution < -0.4 is 0 Å². The third-order valence-electron chi connectivity index (χ3n) is 4.92. The van der Waals surface area contributed by atoms with Gasteiger partial charge in [0, 0.05) is 6.42 Å². The van der Waals surface area contributed by atoms with E-state index in [9.17, 15) is 4.79 Å². The minimum Gasteiger partial charge on any atom is -0.481 e. The van der Waals surface area contributed by atoms with Crippen LogP contribution >= 0.6 is 0 Å². The van der Waals surface area contributed by atoms with Crippen LogP contribution in [0.2, 0.25) is 0 Å². The predicted molar refractivity (Wildman–Crippen MR) is 91.7 cm³/mol. The molecule has 0 radical (unpaired) electrons. The van der Waals surface area contributed by atoms with Gasteiger partial charge in [-0.15, -0.1) is 0 Å². The zero-order valence-electron chi connectivity index (χ0n) is 14.7. The zero-order chi connectivity index (χ0) is 15.9. The van der Waals surface area contributed by atoms with E-state index in [4.69, 9.17) is 5.11 Å². The summed E-state index contributed by atoms with van der Waals surface area (Å²) in [6.45, 7) is 7.07. The molecule has 0 saturated carbocycles. The van der Waals surface area contributed by atoms with Crippen molar-refractivity contribution < 1.29 is 9.90 Å². The largest absolute Gasteiger partial charge is 0.481 e. The molecule has 0 bridgehead atoms. The summed E-state index contributed by atoms with van der Waals surface area (Å²) in [5.41, 5.74) is 0. The van der Waals surface area contributed by atoms with E-state index in [-0.39, 0.29) is 0 Å². The molecule has 0 amide bonds.